The number of carboxylic acid groups (broad SMARTS) is 1. The highest BCUT2D eigenvalue weighted by Gasteiger charge is 2.26. The fraction of sp³-hybridized carbons (Fsp3) is 0.556. The summed E-state index contributed by atoms with van der Waals surface area (Å²) < 4.78 is 25.9. The molecule has 102 valence electrons. The van der Waals surface area contributed by atoms with Crippen LogP contribution < -0.4 is 4.72 Å². The molecule has 9 heteroatoms. The molecule has 3 N–H and O–H groups in total. The van der Waals surface area contributed by atoms with Gasteiger partial charge in [0.1, 0.15) is 11.9 Å². The summed E-state index contributed by atoms with van der Waals surface area (Å²) in [5.41, 5.74) is 0. The minimum atomic E-state index is -3.87. The molecule has 1 aromatic rings. The minimum absolute atomic E-state index is 0.129. The van der Waals surface area contributed by atoms with Gasteiger partial charge in [0.15, 0.2) is 5.03 Å². The van der Waals surface area contributed by atoms with Crippen LogP contribution in [0.15, 0.2) is 11.2 Å². The van der Waals surface area contributed by atoms with Crippen molar-refractivity contribution >= 4 is 27.8 Å². The number of imidazole rings is 1. The fourth-order valence-corrected chi connectivity index (χ4v) is 2.92. The van der Waals surface area contributed by atoms with Crippen molar-refractivity contribution in [1.82, 2.24) is 14.7 Å². The average molecular weight is 293 g/mol. The molecule has 0 saturated carbocycles. The molecular formula is C9H15N3O4S2. The van der Waals surface area contributed by atoms with E-state index in [-0.39, 0.29) is 11.4 Å². The molecule has 0 saturated heterocycles. The van der Waals surface area contributed by atoms with Gasteiger partial charge in [-0.05, 0) is 25.4 Å². The molecule has 0 aromatic carbocycles. The lowest BCUT2D eigenvalue weighted by molar-refractivity contribution is -0.139. The number of sulfonamides is 1. The standard InChI is InChI=1S/C9H15N3O4S2/c1-6-10-5-8(11-6)18(15,16)12-7(9(13)14)3-4-17-2/h5,7,12H,3-4H2,1-2H3,(H,10,11)(H,13,14)/t7-/m0/s1. The van der Waals surface area contributed by atoms with Crippen LogP contribution in [0.25, 0.3) is 0 Å². The van der Waals surface area contributed by atoms with E-state index in [9.17, 15) is 13.2 Å². The van der Waals surface area contributed by atoms with Crippen molar-refractivity contribution in [3.8, 4) is 0 Å². The molecule has 0 spiro atoms. The predicted octanol–water partition coefficient (Wildman–Crippen LogP) is 0.203. The first-order chi connectivity index (χ1) is 8.36. The van der Waals surface area contributed by atoms with E-state index < -0.39 is 22.0 Å². The number of carboxylic acids is 1. The Hall–Kier alpha value is -1.06. The van der Waals surface area contributed by atoms with Gasteiger partial charge in [0, 0.05) is 0 Å². The maximum absolute atomic E-state index is 11.9. The number of nitrogens with zero attached hydrogens (tertiary/aromatic N) is 1. The first kappa shape index (κ1) is 15.0. The molecule has 1 atom stereocenters. The number of thioether (sulfide) groups is 1. The van der Waals surface area contributed by atoms with Crippen LogP contribution >= 0.6 is 11.8 Å². The number of carbonyl (C=O) groups is 1. The van der Waals surface area contributed by atoms with Crippen molar-refractivity contribution in [3.05, 3.63) is 12.0 Å². The second-order valence-electron chi connectivity index (χ2n) is 3.63. The largest absolute Gasteiger partial charge is 0.480 e. The van der Waals surface area contributed by atoms with E-state index in [1.54, 1.807) is 6.92 Å². The monoisotopic (exact) mass is 293 g/mol. The summed E-state index contributed by atoms with van der Waals surface area (Å²) in [5.74, 6) is -0.183. The highest BCUT2D eigenvalue weighted by Crippen LogP contribution is 2.08. The molecule has 18 heavy (non-hydrogen) atoms. The maximum atomic E-state index is 11.9. The van der Waals surface area contributed by atoms with Gasteiger partial charge < -0.3 is 10.1 Å². The molecular weight excluding hydrogens is 278 g/mol. The molecule has 0 bridgehead atoms. The number of aromatic nitrogens is 2. The van der Waals surface area contributed by atoms with Crippen LogP contribution in [0, 0.1) is 6.92 Å². The van der Waals surface area contributed by atoms with Crippen LogP contribution in [0.5, 0.6) is 0 Å². The highest BCUT2D eigenvalue weighted by atomic mass is 32.2. The lowest BCUT2D eigenvalue weighted by atomic mass is 10.2. The van der Waals surface area contributed by atoms with Gasteiger partial charge in [0.25, 0.3) is 10.0 Å². The molecule has 0 amide bonds. The van der Waals surface area contributed by atoms with Crippen molar-refractivity contribution in [2.75, 3.05) is 12.0 Å². The smallest absolute Gasteiger partial charge is 0.321 e. The molecule has 1 rings (SSSR count). The third-order valence-corrected chi connectivity index (χ3v) is 4.20. The third kappa shape index (κ3) is 4.00. The third-order valence-electron chi connectivity index (χ3n) is 2.18. The first-order valence-corrected chi connectivity index (χ1v) is 8.00. The number of aromatic amines is 1. The number of hydrogen-bond donors (Lipinski definition) is 3. The van der Waals surface area contributed by atoms with Gasteiger partial charge in [-0.25, -0.2) is 13.4 Å². The summed E-state index contributed by atoms with van der Waals surface area (Å²) in [6.07, 6.45) is 3.21. The van der Waals surface area contributed by atoms with Crippen LogP contribution in [-0.4, -0.2) is 47.5 Å². The zero-order valence-corrected chi connectivity index (χ0v) is 11.6. The zero-order chi connectivity index (χ0) is 13.8. The van der Waals surface area contributed by atoms with Gasteiger partial charge in [-0.15, -0.1) is 0 Å². The van der Waals surface area contributed by atoms with Crippen molar-refractivity contribution < 1.29 is 18.3 Å². The van der Waals surface area contributed by atoms with E-state index in [1.807, 2.05) is 6.26 Å². The van der Waals surface area contributed by atoms with E-state index in [4.69, 9.17) is 5.11 Å². The maximum Gasteiger partial charge on any atom is 0.321 e. The summed E-state index contributed by atoms with van der Waals surface area (Å²) in [6, 6.07) is -1.13. The summed E-state index contributed by atoms with van der Waals surface area (Å²) >= 11 is 1.45. The van der Waals surface area contributed by atoms with Gasteiger partial charge in [0.2, 0.25) is 0 Å². The van der Waals surface area contributed by atoms with E-state index in [1.165, 1.54) is 11.8 Å². The Balaban J connectivity index is 2.82. The molecule has 0 fully saturated rings. The summed E-state index contributed by atoms with van der Waals surface area (Å²) in [5, 5.41) is 8.82. The fourth-order valence-electron chi connectivity index (χ4n) is 1.25. The molecule has 1 aromatic heterocycles. The second-order valence-corrected chi connectivity index (χ2v) is 6.29. The van der Waals surface area contributed by atoms with E-state index in [0.717, 1.165) is 6.20 Å². The Morgan fingerprint density at radius 3 is 2.78 bits per heavy atom. The number of rotatable bonds is 7. The number of aliphatic carboxylic acids is 1. The number of hydrogen-bond acceptors (Lipinski definition) is 5. The normalized spacial score (nSPS) is 13.4. The summed E-state index contributed by atoms with van der Waals surface area (Å²) in [7, 11) is -3.87. The van der Waals surface area contributed by atoms with E-state index in [2.05, 4.69) is 14.7 Å². The van der Waals surface area contributed by atoms with Crippen LogP contribution in [0.1, 0.15) is 12.2 Å². The molecule has 0 aliphatic carbocycles. The van der Waals surface area contributed by atoms with Gasteiger partial charge in [-0.3, -0.25) is 4.79 Å². The molecule has 1 heterocycles. The Morgan fingerprint density at radius 2 is 2.33 bits per heavy atom. The molecule has 7 nitrogen and oxygen atoms in total. The van der Waals surface area contributed by atoms with Crippen LogP contribution in [0.2, 0.25) is 0 Å². The van der Waals surface area contributed by atoms with E-state index >= 15 is 0 Å². The first-order valence-electron chi connectivity index (χ1n) is 5.12. The Kier molecular flexibility index (Phi) is 5.17. The molecule has 0 unspecified atom stereocenters. The number of nitrogens with one attached hydrogen (secondary N) is 2. The Bertz CT molecular complexity index is 512. The highest BCUT2D eigenvalue weighted by molar-refractivity contribution is 7.98. The van der Waals surface area contributed by atoms with Gasteiger partial charge in [0.05, 0.1) is 6.20 Å². The summed E-state index contributed by atoms with van der Waals surface area (Å²) in [6.45, 7) is 1.61. The van der Waals surface area contributed by atoms with E-state index in [0.29, 0.717) is 11.6 Å². The van der Waals surface area contributed by atoms with Gasteiger partial charge in [-0.1, -0.05) is 0 Å². The molecule has 0 aliphatic heterocycles. The van der Waals surface area contributed by atoms with Crippen LogP contribution in [-0.2, 0) is 14.8 Å². The topological polar surface area (TPSA) is 112 Å². The lowest BCUT2D eigenvalue weighted by Crippen LogP contribution is -2.41. The van der Waals surface area contributed by atoms with Crippen molar-refractivity contribution in [1.29, 1.82) is 0 Å². The Labute approximate surface area is 109 Å². The van der Waals surface area contributed by atoms with Gasteiger partial charge >= 0.3 is 5.97 Å². The summed E-state index contributed by atoms with van der Waals surface area (Å²) in [4.78, 5) is 17.3. The van der Waals surface area contributed by atoms with Crippen LogP contribution in [0.3, 0.4) is 0 Å². The Morgan fingerprint density at radius 1 is 1.67 bits per heavy atom. The molecule has 0 aliphatic rings. The number of H-pyrrole nitrogens is 1. The van der Waals surface area contributed by atoms with Crippen LogP contribution in [0.4, 0.5) is 0 Å². The quantitative estimate of drug-likeness (QED) is 0.662. The minimum Gasteiger partial charge on any atom is -0.480 e. The average Bonchev–Trinajstić information content (AvgIpc) is 2.71. The van der Waals surface area contributed by atoms with Gasteiger partial charge in [-0.2, -0.15) is 16.5 Å². The van der Waals surface area contributed by atoms with Crippen molar-refractivity contribution in [3.63, 3.8) is 0 Å². The second kappa shape index (κ2) is 6.21. The predicted molar refractivity (Wildman–Crippen MR) is 68.1 cm³/mol. The number of aryl methyl sites for hydroxylation is 1. The van der Waals surface area contributed by atoms with Crippen molar-refractivity contribution in [2.45, 2.75) is 24.4 Å². The lowest BCUT2D eigenvalue weighted by Gasteiger charge is -2.13. The van der Waals surface area contributed by atoms with Crippen molar-refractivity contribution in [2.24, 2.45) is 0 Å². The molecule has 0 radical (unpaired) electrons. The SMILES string of the molecule is CSCC[C@H](NS(=O)(=O)c1cnc(C)[nH]1)C(=O)O. The zero-order valence-electron chi connectivity index (χ0n) is 10.0.